The van der Waals surface area contributed by atoms with Crippen molar-refractivity contribution in [1.29, 1.82) is 0 Å². The lowest BCUT2D eigenvalue weighted by molar-refractivity contribution is -0.0366. The maximum Gasteiger partial charge on any atom is 0.254 e. The molecule has 5 rings (SSSR count). The summed E-state index contributed by atoms with van der Waals surface area (Å²) in [5.41, 5.74) is 7.55. The predicted octanol–water partition coefficient (Wildman–Crippen LogP) is 5.06. The van der Waals surface area contributed by atoms with Crippen LogP contribution < -0.4 is 5.56 Å². The van der Waals surface area contributed by atoms with E-state index in [1.807, 2.05) is 10.9 Å². The van der Waals surface area contributed by atoms with Gasteiger partial charge in [0.05, 0.1) is 23.9 Å². The monoisotopic (exact) mass is 435 g/mol. The summed E-state index contributed by atoms with van der Waals surface area (Å²) < 4.78 is 13.5. The van der Waals surface area contributed by atoms with Crippen LogP contribution in [-0.4, -0.2) is 28.5 Å². The molecule has 6 nitrogen and oxygen atoms in total. The van der Waals surface area contributed by atoms with Crippen molar-refractivity contribution in [3.63, 3.8) is 0 Å². The Labute approximate surface area is 188 Å². The topological polar surface area (TPSA) is 69.1 Å². The second-order valence-electron chi connectivity index (χ2n) is 10.1. The van der Waals surface area contributed by atoms with Crippen LogP contribution in [0.25, 0.3) is 22.0 Å². The van der Waals surface area contributed by atoms with Gasteiger partial charge in [0, 0.05) is 24.8 Å². The van der Waals surface area contributed by atoms with Gasteiger partial charge in [-0.15, -0.1) is 0 Å². The molecule has 1 aliphatic carbocycles. The number of nitrogens with one attached hydrogen (secondary N) is 1. The van der Waals surface area contributed by atoms with Crippen molar-refractivity contribution in [3.05, 3.63) is 51.1 Å². The highest BCUT2D eigenvalue weighted by molar-refractivity contribution is 5.98. The Hall–Kier alpha value is -2.44. The molecule has 1 atom stereocenters. The number of aromatic nitrogens is 3. The van der Waals surface area contributed by atoms with Crippen molar-refractivity contribution in [1.82, 2.24) is 14.8 Å². The van der Waals surface area contributed by atoms with Crippen LogP contribution in [0.2, 0.25) is 0 Å². The average molecular weight is 436 g/mol. The van der Waals surface area contributed by atoms with Crippen LogP contribution in [0.5, 0.6) is 0 Å². The van der Waals surface area contributed by atoms with Crippen LogP contribution in [0.4, 0.5) is 0 Å². The minimum Gasteiger partial charge on any atom is -0.380 e. The van der Waals surface area contributed by atoms with Crippen LogP contribution in [-0.2, 0) is 28.9 Å². The lowest BCUT2D eigenvalue weighted by Gasteiger charge is -2.33. The quantitative estimate of drug-likeness (QED) is 0.622. The van der Waals surface area contributed by atoms with E-state index in [4.69, 9.17) is 14.6 Å². The van der Waals surface area contributed by atoms with Gasteiger partial charge >= 0.3 is 0 Å². The first kappa shape index (κ1) is 21.4. The third kappa shape index (κ3) is 3.59. The highest BCUT2D eigenvalue weighted by Crippen LogP contribution is 2.42. The van der Waals surface area contributed by atoms with E-state index < -0.39 is 0 Å². The zero-order chi connectivity index (χ0) is 22.5. The van der Waals surface area contributed by atoms with Crippen molar-refractivity contribution >= 4 is 10.9 Å². The Morgan fingerprint density at radius 2 is 2.12 bits per heavy atom. The molecule has 1 aliphatic heterocycles. The lowest BCUT2D eigenvalue weighted by atomic mass is 9.73. The normalized spacial score (nSPS) is 20.4. The zero-order valence-electron chi connectivity index (χ0n) is 19.6. The van der Waals surface area contributed by atoms with Crippen LogP contribution >= 0.6 is 0 Å². The van der Waals surface area contributed by atoms with E-state index in [1.165, 1.54) is 5.56 Å². The summed E-state index contributed by atoms with van der Waals surface area (Å²) in [5.74, 6) is 0. The minimum absolute atomic E-state index is 0.0239. The van der Waals surface area contributed by atoms with E-state index >= 15 is 0 Å². The highest BCUT2D eigenvalue weighted by Gasteiger charge is 2.31. The Balaban J connectivity index is 1.76. The molecule has 0 spiro atoms. The van der Waals surface area contributed by atoms with Crippen LogP contribution in [0.3, 0.4) is 0 Å². The first-order chi connectivity index (χ1) is 15.4. The summed E-state index contributed by atoms with van der Waals surface area (Å²) in [4.78, 5) is 16.4. The first-order valence-electron chi connectivity index (χ1n) is 11.7. The number of H-pyrrole nitrogens is 1. The smallest absolute Gasteiger partial charge is 0.254 e. The molecule has 0 saturated carbocycles. The van der Waals surface area contributed by atoms with Gasteiger partial charge in [-0.2, -0.15) is 5.10 Å². The molecule has 0 bridgehead atoms. The van der Waals surface area contributed by atoms with E-state index in [9.17, 15) is 4.79 Å². The molecule has 3 heterocycles. The van der Waals surface area contributed by atoms with E-state index in [0.29, 0.717) is 5.56 Å². The standard InChI is InChI=1S/C26H33N3O3/c1-16-8-9-21-18(14-27-29(21)22-7-5-6-12-32-22)23(16)24-17-10-11-26(2,3)13-20(17)28-25(30)19(24)15-31-4/h8-9,14,22H,5-7,10-13,15H2,1-4H3,(H,28,30). The van der Waals surface area contributed by atoms with Gasteiger partial charge < -0.3 is 14.5 Å². The van der Waals surface area contributed by atoms with Crippen LogP contribution in [0.15, 0.2) is 23.1 Å². The number of benzene rings is 1. The van der Waals surface area contributed by atoms with Crippen molar-refractivity contribution < 1.29 is 9.47 Å². The molecular formula is C26H33N3O3. The second-order valence-corrected chi connectivity index (χ2v) is 10.1. The number of fused-ring (bicyclic) bond motifs is 2. The highest BCUT2D eigenvalue weighted by atomic mass is 16.5. The molecule has 1 N–H and O–H groups in total. The van der Waals surface area contributed by atoms with Crippen molar-refractivity contribution in [3.8, 4) is 11.1 Å². The molecule has 3 aromatic rings. The Bertz CT molecular complexity index is 1220. The minimum atomic E-state index is -0.0438. The number of aromatic amines is 1. The summed E-state index contributed by atoms with van der Waals surface area (Å²) in [5, 5.41) is 5.83. The zero-order valence-corrected chi connectivity index (χ0v) is 19.6. The molecule has 170 valence electrons. The molecule has 1 unspecified atom stereocenters. The maximum atomic E-state index is 13.2. The average Bonchev–Trinajstić information content (AvgIpc) is 3.19. The van der Waals surface area contributed by atoms with Crippen LogP contribution in [0, 0.1) is 12.3 Å². The van der Waals surface area contributed by atoms with E-state index in [2.05, 4.69) is 37.9 Å². The molecule has 0 radical (unpaired) electrons. The summed E-state index contributed by atoms with van der Waals surface area (Å²) in [6.45, 7) is 7.74. The number of pyridine rings is 1. The fourth-order valence-corrected chi connectivity index (χ4v) is 5.48. The van der Waals surface area contributed by atoms with Crippen LogP contribution in [0.1, 0.15) is 68.1 Å². The van der Waals surface area contributed by atoms with E-state index in [0.717, 1.165) is 78.4 Å². The Morgan fingerprint density at radius 1 is 1.28 bits per heavy atom. The van der Waals surface area contributed by atoms with Gasteiger partial charge in [-0.1, -0.05) is 19.9 Å². The van der Waals surface area contributed by atoms with Gasteiger partial charge in [0.15, 0.2) is 6.23 Å². The fourth-order valence-electron chi connectivity index (χ4n) is 5.48. The van der Waals surface area contributed by atoms with E-state index in [-0.39, 0.29) is 23.8 Å². The molecule has 2 aromatic heterocycles. The molecular weight excluding hydrogens is 402 g/mol. The van der Waals surface area contributed by atoms with Gasteiger partial charge in [-0.25, -0.2) is 4.68 Å². The number of hydrogen-bond donors (Lipinski definition) is 1. The van der Waals surface area contributed by atoms with Gasteiger partial charge in [0.2, 0.25) is 0 Å². The largest absolute Gasteiger partial charge is 0.380 e. The molecule has 2 aliphatic rings. The summed E-state index contributed by atoms with van der Waals surface area (Å²) in [6, 6.07) is 4.29. The maximum absolute atomic E-state index is 13.2. The number of ether oxygens (including phenoxy) is 2. The number of nitrogens with zero attached hydrogens (tertiary/aromatic N) is 2. The number of rotatable bonds is 4. The van der Waals surface area contributed by atoms with Gasteiger partial charge in [0.1, 0.15) is 0 Å². The van der Waals surface area contributed by atoms with Gasteiger partial charge in [-0.05, 0) is 79.2 Å². The second kappa shape index (κ2) is 8.16. The summed E-state index contributed by atoms with van der Waals surface area (Å²) >= 11 is 0. The molecule has 1 aromatic carbocycles. The SMILES string of the molecule is COCc1c(-c2c(C)ccc3c2cnn3C2CCCCO2)c2c([nH]c1=O)CC(C)(C)CC2. The van der Waals surface area contributed by atoms with Gasteiger partial charge in [-0.3, -0.25) is 4.79 Å². The Kier molecular flexibility index (Phi) is 5.46. The summed E-state index contributed by atoms with van der Waals surface area (Å²) in [6.07, 6.45) is 8.08. The van der Waals surface area contributed by atoms with Gasteiger partial charge in [0.25, 0.3) is 5.56 Å². The third-order valence-corrected chi connectivity index (χ3v) is 7.17. The van der Waals surface area contributed by atoms with Crippen molar-refractivity contribution in [2.45, 2.75) is 72.1 Å². The third-order valence-electron chi connectivity index (χ3n) is 7.17. The lowest BCUT2D eigenvalue weighted by Crippen LogP contribution is -2.29. The molecule has 1 saturated heterocycles. The van der Waals surface area contributed by atoms with Crippen molar-refractivity contribution in [2.24, 2.45) is 5.41 Å². The molecule has 32 heavy (non-hydrogen) atoms. The first-order valence-corrected chi connectivity index (χ1v) is 11.7. The summed E-state index contributed by atoms with van der Waals surface area (Å²) in [7, 11) is 1.65. The number of aryl methyl sites for hydroxylation is 1. The van der Waals surface area contributed by atoms with E-state index in [1.54, 1.807) is 7.11 Å². The predicted molar refractivity (Wildman–Crippen MR) is 126 cm³/mol. The fraction of sp³-hybridized carbons (Fsp3) is 0.538. The molecule has 0 amide bonds. The molecule has 1 fully saturated rings. The number of methoxy groups -OCH3 is 1. The van der Waals surface area contributed by atoms with Crippen molar-refractivity contribution in [2.75, 3.05) is 13.7 Å². The molecule has 6 heteroatoms. The number of hydrogen-bond acceptors (Lipinski definition) is 4. The Morgan fingerprint density at radius 3 is 2.88 bits per heavy atom.